The summed E-state index contributed by atoms with van der Waals surface area (Å²) >= 11 is 0. The van der Waals surface area contributed by atoms with Gasteiger partial charge in [0.15, 0.2) is 0 Å². The third-order valence-electron chi connectivity index (χ3n) is 3.98. The zero-order valence-corrected chi connectivity index (χ0v) is 15.3. The number of nitrogens with two attached hydrogens (primary N) is 1. The molecular weight excluding hydrogens is 368 g/mol. The highest BCUT2D eigenvalue weighted by Gasteiger charge is 2.23. The number of carbonyl (C=O) groups is 2. The minimum atomic E-state index is -3.80. The largest absolute Gasteiger partial charge is 0.348 e. The Morgan fingerprint density at radius 2 is 1.81 bits per heavy atom. The van der Waals surface area contributed by atoms with E-state index in [1.165, 1.54) is 12.1 Å². The molecule has 0 radical (unpaired) electrons. The van der Waals surface area contributed by atoms with E-state index in [0.717, 1.165) is 12.8 Å². The van der Waals surface area contributed by atoms with Gasteiger partial charge in [0.2, 0.25) is 10.0 Å². The number of rotatable bonds is 6. The van der Waals surface area contributed by atoms with Crippen LogP contribution >= 0.6 is 0 Å². The Kier molecular flexibility index (Phi) is 5.43. The number of sulfonamides is 1. The molecule has 2 aromatic carbocycles. The Hall–Kier alpha value is -2.91. The molecule has 0 saturated heterocycles. The summed E-state index contributed by atoms with van der Waals surface area (Å²) < 4.78 is 22.8. The molecule has 1 fully saturated rings. The van der Waals surface area contributed by atoms with E-state index in [1.807, 2.05) is 0 Å². The maximum atomic E-state index is 12.3. The van der Waals surface area contributed by atoms with E-state index >= 15 is 0 Å². The molecule has 1 aliphatic rings. The summed E-state index contributed by atoms with van der Waals surface area (Å²) in [5.74, 6) is -0.345. The maximum absolute atomic E-state index is 12.3. The van der Waals surface area contributed by atoms with Crippen LogP contribution in [0, 0.1) is 0 Å². The fraction of sp³-hybridized carbons (Fsp3) is 0.222. The molecule has 5 N–H and O–H groups in total. The van der Waals surface area contributed by atoms with Crippen molar-refractivity contribution in [2.45, 2.75) is 30.3 Å². The predicted molar refractivity (Wildman–Crippen MR) is 101 cm³/mol. The lowest BCUT2D eigenvalue weighted by atomic mass is 10.1. The molecule has 2 aromatic rings. The van der Waals surface area contributed by atoms with Crippen LogP contribution in [-0.2, 0) is 16.6 Å². The topological polar surface area (TPSA) is 130 Å². The van der Waals surface area contributed by atoms with E-state index in [1.54, 1.807) is 36.4 Å². The molecule has 1 saturated carbocycles. The summed E-state index contributed by atoms with van der Waals surface area (Å²) in [7, 11) is -3.80. The lowest BCUT2D eigenvalue weighted by Crippen LogP contribution is -2.30. The number of nitrogens with one attached hydrogen (secondary N) is 3. The van der Waals surface area contributed by atoms with Crippen molar-refractivity contribution in [1.29, 1.82) is 0 Å². The summed E-state index contributed by atoms with van der Waals surface area (Å²) in [6, 6.07) is 12.6. The zero-order valence-electron chi connectivity index (χ0n) is 14.4. The van der Waals surface area contributed by atoms with E-state index < -0.39 is 10.0 Å². The minimum Gasteiger partial charge on any atom is -0.348 e. The second-order valence-electron chi connectivity index (χ2n) is 6.33. The average Bonchev–Trinajstić information content (AvgIpc) is 3.43. The Morgan fingerprint density at radius 3 is 2.52 bits per heavy atom. The highest BCUT2D eigenvalue weighted by atomic mass is 32.2. The monoisotopic (exact) mass is 388 g/mol. The Labute approximate surface area is 157 Å². The maximum Gasteiger partial charge on any atom is 0.319 e. The third-order valence-corrected chi connectivity index (χ3v) is 4.89. The number of urea groups is 1. The smallest absolute Gasteiger partial charge is 0.319 e. The van der Waals surface area contributed by atoms with E-state index in [4.69, 9.17) is 5.14 Å². The first-order chi connectivity index (χ1) is 12.8. The lowest BCUT2D eigenvalue weighted by Gasteiger charge is -2.09. The number of benzene rings is 2. The van der Waals surface area contributed by atoms with Crippen LogP contribution in [0.4, 0.5) is 10.5 Å². The number of hydrogen-bond donors (Lipinski definition) is 4. The molecule has 3 amide bonds. The molecule has 0 heterocycles. The van der Waals surface area contributed by atoms with Gasteiger partial charge < -0.3 is 16.0 Å². The van der Waals surface area contributed by atoms with Gasteiger partial charge in [0.25, 0.3) is 5.91 Å². The van der Waals surface area contributed by atoms with Crippen LogP contribution in [0.2, 0.25) is 0 Å². The highest BCUT2D eigenvalue weighted by molar-refractivity contribution is 7.89. The molecule has 0 atom stereocenters. The zero-order chi connectivity index (χ0) is 19.4. The quantitative estimate of drug-likeness (QED) is 0.598. The standard InChI is InChI=1S/C18H20N4O4S/c19-27(25,26)16-6-1-3-12(9-16)11-20-17(23)13-4-2-5-15(10-13)22-18(24)21-14-7-8-14/h1-6,9-10,14H,7-8,11H2,(H,20,23)(H2,19,25,26)(H2,21,22,24). The third kappa shape index (κ3) is 5.53. The first kappa shape index (κ1) is 18.9. The Balaban J connectivity index is 1.61. The van der Waals surface area contributed by atoms with Crippen molar-refractivity contribution in [2.24, 2.45) is 5.14 Å². The van der Waals surface area contributed by atoms with Crippen molar-refractivity contribution >= 4 is 27.6 Å². The molecule has 0 unspecified atom stereocenters. The SMILES string of the molecule is NS(=O)(=O)c1cccc(CNC(=O)c2cccc(NC(=O)NC3CC3)c2)c1. The molecule has 1 aliphatic carbocycles. The van der Waals surface area contributed by atoms with E-state index in [9.17, 15) is 18.0 Å². The molecule has 0 spiro atoms. The van der Waals surface area contributed by atoms with Crippen molar-refractivity contribution in [2.75, 3.05) is 5.32 Å². The summed E-state index contributed by atoms with van der Waals surface area (Å²) in [4.78, 5) is 24.1. The summed E-state index contributed by atoms with van der Waals surface area (Å²) in [5.41, 5.74) is 1.49. The lowest BCUT2D eigenvalue weighted by molar-refractivity contribution is 0.0951. The predicted octanol–water partition coefficient (Wildman–Crippen LogP) is 1.55. The van der Waals surface area contributed by atoms with Crippen molar-refractivity contribution in [3.63, 3.8) is 0 Å². The molecule has 142 valence electrons. The first-order valence-electron chi connectivity index (χ1n) is 8.39. The van der Waals surface area contributed by atoms with Crippen LogP contribution in [0.1, 0.15) is 28.8 Å². The number of primary sulfonamides is 1. The van der Waals surface area contributed by atoms with Gasteiger partial charge in [-0.3, -0.25) is 4.79 Å². The highest BCUT2D eigenvalue weighted by Crippen LogP contribution is 2.19. The van der Waals surface area contributed by atoms with Crippen LogP contribution in [-0.4, -0.2) is 26.4 Å². The van der Waals surface area contributed by atoms with Crippen molar-refractivity contribution < 1.29 is 18.0 Å². The van der Waals surface area contributed by atoms with Gasteiger partial charge in [0.05, 0.1) is 4.90 Å². The average molecular weight is 388 g/mol. The van der Waals surface area contributed by atoms with Crippen LogP contribution < -0.4 is 21.1 Å². The van der Waals surface area contributed by atoms with Gasteiger partial charge in [-0.2, -0.15) is 0 Å². The van der Waals surface area contributed by atoms with Gasteiger partial charge >= 0.3 is 6.03 Å². The molecular formula is C18H20N4O4S. The number of anilines is 1. The minimum absolute atomic E-state index is 0.0119. The molecule has 0 aliphatic heterocycles. The van der Waals surface area contributed by atoms with Gasteiger partial charge in [-0.1, -0.05) is 18.2 Å². The fourth-order valence-electron chi connectivity index (χ4n) is 2.44. The fourth-order valence-corrected chi connectivity index (χ4v) is 3.02. The van der Waals surface area contributed by atoms with E-state index in [0.29, 0.717) is 16.8 Å². The molecule has 3 rings (SSSR count). The number of carbonyl (C=O) groups excluding carboxylic acids is 2. The van der Waals surface area contributed by atoms with Gasteiger partial charge in [-0.05, 0) is 48.7 Å². The van der Waals surface area contributed by atoms with Crippen molar-refractivity contribution in [3.8, 4) is 0 Å². The second kappa shape index (κ2) is 7.77. The van der Waals surface area contributed by atoms with Crippen LogP contribution in [0.15, 0.2) is 53.4 Å². The van der Waals surface area contributed by atoms with Gasteiger partial charge in [0, 0.05) is 23.8 Å². The molecule has 0 bridgehead atoms. The normalized spacial score (nSPS) is 13.7. The summed E-state index contributed by atoms with van der Waals surface area (Å²) in [6.07, 6.45) is 1.98. The van der Waals surface area contributed by atoms with E-state index in [2.05, 4.69) is 16.0 Å². The van der Waals surface area contributed by atoms with Crippen LogP contribution in [0.3, 0.4) is 0 Å². The molecule has 0 aromatic heterocycles. The van der Waals surface area contributed by atoms with Gasteiger partial charge in [-0.25, -0.2) is 18.4 Å². The molecule has 9 heteroatoms. The van der Waals surface area contributed by atoms with Gasteiger partial charge in [0.1, 0.15) is 0 Å². The summed E-state index contributed by atoms with van der Waals surface area (Å²) in [5, 5.41) is 13.3. The van der Waals surface area contributed by atoms with Crippen molar-refractivity contribution in [3.05, 3.63) is 59.7 Å². The van der Waals surface area contributed by atoms with Crippen molar-refractivity contribution in [1.82, 2.24) is 10.6 Å². The Morgan fingerprint density at radius 1 is 1.07 bits per heavy atom. The van der Waals surface area contributed by atoms with Crippen LogP contribution in [0.5, 0.6) is 0 Å². The number of hydrogen-bond acceptors (Lipinski definition) is 4. The van der Waals surface area contributed by atoms with Gasteiger partial charge in [-0.15, -0.1) is 0 Å². The second-order valence-corrected chi connectivity index (χ2v) is 7.89. The van der Waals surface area contributed by atoms with E-state index in [-0.39, 0.29) is 29.4 Å². The molecule has 8 nitrogen and oxygen atoms in total. The van der Waals surface area contributed by atoms with Crippen LogP contribution in [0.25, 0.3) is 0 Å². The number of amides is 3. The molecule has 27 heavy (non-hydrogen) atoms. The summed E-state index contributed by atoms with van der Waals surface area (Å²) in [6.45, 7) is 0.141. The first-order valence-corrected chi connectivity index (χ1v) is 9.93. The Bertz CT molecular complexity index is 971.